The van der Waals surface area contributed by atoms with Crippen LogP contribution in [-0.2, 0) is 0 Å². The SMILES string of the molecule is COc1c(F)c(F)c(SC)c(F)c1F. The summed E-state index contributed by atoms with van der Waals surface area (Å²) in [5, 5.41) is 0. The fraction of sp³-hybridized carbons (Fsp3) is 0.250. The fourth-order valence-electron chi connectivity index (χ4n) is 0.950. The van der Waals surface area contributed by atoms with Gasteiger partial charge in [-0.3, -0.25) is 0 Å². The minimum Gasteiger partial charge on any atom is -0.491 e. The number of hydrogen-bond donors (Lipinski definition) is 0. The Hall–Kier alpha value is -0.910. The van der Waals surface area contributed by atoms with Crippen LogP contribution >= 0.6 is 11.8 Å². The molecule has 6 heteroatoms. The van der Waals surface area contributed by atoms with E-state index in [-0.39, 0.29) is 0 Å². The Balaban J connectivity index is 3.55. The van der Waals surface area contributed by atoms with Crippen LogP contribution in [0.15, 0.2) is 4.90 Å². The Morgan fingerprint density at radius 3 is 1.64 bits per heavy atom. The molecular weight excluding hydrogens is 220 g/mol. The maximum atomic E-state index is 13.0. The highest BCUT2D eigenvalue weighted by atomic mass is 32.2. The highest BCUT2D eigenvalue weighted by molar-refractivity contribution is 7.98. The summed E-state index contributed by atoms with van der Waals surface area (Å²) in [5.41, 5.74) is 0. The van der Waals surface area contributed by atoms with E-state index >= 15 is 0 Å². The van der Waals surface area contributed by atoms with Crippen molar-refractivity contribution in [1.82, 2.24) is 0 Å². The van der Waals surface area contributed by atoms with Gasteiger partial charge < -0.3 is 4.74 Å². The number of hydrogen-bond acceptors (Lipinski definition) is 2. The molecular formula is C8H6F4OS. The van der Waals surface area contributed by atoms with Crippen LogP contribution in [0.1, 0.15) is 0 Å². The molecule has 0 amide bonds. The fourth-order valence-corrected chi connectivity index (χ4v) is 1.49. The van der Waals surface area contributed by atoms with Crippen molar-refractivity contribution in [3.8, 4) is 5.75 Å². The van der Waals surface area contributed by atoms with Gasteiger partial charge in [0.05, 0.1) is 12.0 Å². The highest BCUT2D eigenvalue weighted by Crippen LogP contribution is 2.33. The van der Waals surface area contributed by atoms with E-state index in [2.05, 4.69) is 4.74 Å². The molecule has 1 aromatic rings. The molecule has 0 radical (unpaired) electrons. The summed E-state index contributed by atoms with van der Waals surface area (Å²) in [4.78, 5) is -0.694. The summed E-state index contributed by atoms with van der Waals surface area (Å²) in [7, 11) is 0.930. The highest BCUT2D eigenvalue weighted by Gasteiger charge is 2.25. The van der Waals surface area contributed by atoms with Crippen LogP contribution in [0.3, 0.4) is 0 Å². The zero-order chi connectivity index (χ0) is 10.9. The van der Waals surface area contributed by atoms with Crippen molar-refractivity contribution in [2.75, 3.05) is 13.4 Å². The third-order valence-electron chi connectivity index (χ3n) is 1.59. The molecule has 0 spiro atoms. The number of benzene rings is 1. The summed E-state index contributed by atoms with van der Waals surface area (Å²) >= 11 is 0.584. The number of ether oxygens (including phenoxy) is 1. The lowest BCUT2D eigenvalue weighted by Crippen LogP contribution is -2.02. The Kier molecular flexibility index (Phi) is 3.25. The molecule has 0 aliphatic rings. The predicted molar refractivity (Wildman–Crippen MR) is 44.6 cm³/mol. The number of halogens is 4. The second kappa shape index (κ2) is 4.08. The number of methoxy groups -OCH3 is 1. The van der Waals surface area contributed by atoms with Gasteiger partial charge in [0, 0.05) is 0 Å². The van der Waals surface area contributed by atoms with Crippen molar-refractivity contribution in [3.63, 3.8) is 0 Å². The molecule has 78 valence electrons. The van der Waals surface area contributed by atoms with E-state index in [4.69, 9.17) is 0 Å². The van der Waals surface area contributed by atoms with Crippen LogP contribution in [0.4, 0.5) is 17.6 Å². The van der Waals surface area contributed by atoms with E-state index in [1.54, 1.807) is 0 Å². The Bertz CT molecular complexity index is 303. The molecule has 0 heterocycles. The van der Waals surface area contributed by atoms with Gasteiger partial charge in [-0.25, -0.2) is 8.78 Å². The second-order valence-electron chi connectivity index (χ2n) is 2.32. The molecule has 1 aromatic carbocycles. The Morgan fingerprint density at radius 2 is 1.36 bits per heavy atom. The summed E-state index contributed by atoms with van der Waals surface area (Å²) in [6, 6.07) is 0. The summed E-state index contributed by atoms with van der Waals surface area (Å²) in [6.45, 7) is 0. The maximum absolute atomic E-state index is 13.0. The van der Waals surface area contributed by atoms with E-state index < -0.39 is 33.9 Å². The van der Waals surface area contributed by atoms with Gasteiger partial charge in [-0.2, -0.15) is 8.78 Å². The van der Waals surface area contributed by atoms with Crippen molar-refractivity contribution in [1.29, 1.82) is 0 Å². The topological polar surface area (TPSA) is 9.23 Å². The van der Waals surface area contributed by atoms with E-state index in [0.29, 0.717) is 11.8 Å². The van der Waals surface area contributed by atoms with Gasteiger partial charge in [0.2, 0.25) is 11.6 Å². The van der Waals surface area contributed by atoms with Crippen molar-refractivity contribution in [3.05, 3.63) is 23.3 Å². The van der Waals surface area contributed by atoms with E-state index in [0.717, 1.165) is 7.11 Å². The molecule has 0 saturated heterocycles. The quantitative estimate of drug-likeness (QED) is 0.435. The molecule has 1 nitrogen and oxygen atoms in total. The molecule has 0 aromatic heterocycles. The zero-order valence-electron chi connectivity index (χ0n) is 7.33. The van der Waals surface area contributed by atoms with Crippen molar-refractivity contribution < 1.29 is 22.3 Å². The second-order valence-corrected chi connectivity index (χ2v) is 3.14. The third-order valence-corrected chi connectivity index (χ3v) is 2.36. The largest absolute Gasteiger partial charge is 0.491 e. The minimum atomic E-state index is -1.52. The molecule has 0 atom stereocenters. The molecule has 0 unspecified atom stereocenters. The minimum absolute atomic E-state index is 0.584. The molecule has 0 N–H and O–H groups in total. The van der Waals surface area contributed by atoms with Crippen molar-refractivity contribution in [2.24, 2.45) is 0 Å². The van der Waals surface area contributed by atoms with Gasteiger partial charge in [0.1, 0.15) is 0 Å². The lowest BCUT2D eigenvalue weighted by molar-refractivity contribution is 0.324. The average Bonchev–Trinajstić information content (AvgIpc) is 2.17. The van der Waals surface area contributed by atoms with Crippen molar-refractivity contribution in [2.45, 2.75) is 4.90 Å². The molecule has 1 rings (SSSR count). The zero-order valence-corrected chi connectivity index (χ0v) is 8.14. The molecule has 14 heavy (non-hydrogen) atoms. The van der Waals surface area contributed by atoms with Gasteiger partial charge in [0.15, 0.2) is 17.4 Å². The third kappa shape index (κ3) is 1.54. The lowest BCUT2D eigenvalue weighted by atomic mass is 10.3. The first-order valence-corrected chi connectivity index (χ1v) is 4.71. The van der Waals surface area contributed by atoms with Crippen molar-refractivity contribution >= 4 is 11.8 Å². The number of thioether (sulfide) groups is 1. The maximum Gasteiger partial charge on any atom is 0.205 e. The van der Waals surface area contributed by atoms with E-state index in [1.165, 1.54) is 6.26 Å². The van der Waals surface area contributed by atoms with Crippen LogP contribution in [0, 0.1) is 23.3 Å². The Morgan fingerprint density at radius 1 is 0.929 bits per heavy atom. The van der Waals surface area contributed by atoms with Gasteiger partial charge in [-0.15, -0.1) is 11.8 Å². The standard InChI is InChI=1S/C8H6F4OS/c1-13-7-3(9)5(11)8(14-2)6(12)4(7)10/h1-2H3. The monoisotopic (exact) mass is 226 g/mol. The predicted octanol–water partition coefficient (Wildman–Crippen LogP) is 2.97. The van der Waals surface area contributed by atoms with Crippen LogP contribution in [-0.4, -0.2) is 13.4 Å². The first-order valence-electron chi connectivity index (χ1n) is 3.48. The molecule has 0 bridgehead atoms. The summed E-state index contributed by atoms with van der Waals surface area (Å²) in [6.07, 6.45) is 1.31. The van der Waals surface area contributed by atoms with Crippen LogP contribution in [0.2, 0.25) is 0 Å². The van der Waals surface area contributed by atoms with Gasteiger partial charge in [-0.1, -0.05) is 0 Å². The molecule has 0 saturated carbocycles. The van der Waals surface area contributed by atoms with Crippen LogP contribution < -0.4 is 4.74 Å². The molecule has 0 fully saturated rings. The van der Waals surface area contributed by atoms with Crippen LogP contribution in [0.25, 0.3) is 0 Å². The average molecular weight is 226 g/mol. The van der Waals surface area contributed by atoms with Gasteiger partial charge in [0.25, 0.3) is 0 Å². The molecule has 0 aliphatic carbocycles. The smallest absolute Gasteiger partial charge is 0.205 e. The number of rotatable bonds is 2. The van der Waals surface area contributed by atoms with E-state index in [9.17, 15) is 17.6 Å². The van der Waals surface area contributed by atoms with Crippen LogP contribution in [0.5, 0.6) is 5.75 Å². The van der Waals surface area contributed by atoms with E-state index in [1.807, 2.05) is 0 Å². The first-order chi connectivity index (χ1) is 6.54. The normalized spacial score (nSPS) is 10.4. The summed E-state index contributed by atoms with van der Waals surface area (Å²) in [5.74, 6) is -6.95. The van der Waals surface area contributed by atoms with Gasteiger partial charge >= 0.3 is 0 Å². The lowest BCUT2D eigenvalue weighted by Gasteiger charge is -2.08. The Labute approximate surface area is 82.1 Å². The molecule has 0 aliphatic heterocycles. The van der Waals surface area contributed by atoms with Gasteiger partial charge in [-0.05, 0) is 6.26 Å². The summed E-state index contributed by atoms with van der Waals surface area (Å²) < 4.78 is 56.2. The first kappa shape index (κ1) is 11.2.